The Kier molecular flexibility index (Phi) is 4.03. The highest BCUT2D eigenvalue weighted by Crippen LogP contribution is 2.24. The molecule has 1 aliphatic rings. The zero-order chi connectivity index (χ0) is 15.0. The van der Waals surface area contributed by atoms with Gasteiger partial charge in [-0.3, -0.25) is 14.2 Å². The summed E-state index contributed by atoms with van der Waals surface area (Å²) in [4.78, 5) is 32.6. The predicted molar refractivity (Wildman–Crippen MR) is 86.1 cm³/mol. The molecule has 0 atom stereocenters. The van der Waals surface area contributed by atoms with Gasteiger partial charge in [-0.1, -0.05) is 11.8 Å². The number of nitrogens with zero attached hydrogens (tertiary/aromatic N) is 3. The van der Waals surface area contributed by atoms with Crippen LogP contribution >= 0.6 is 23.1 Å². The van der Waals surface area contributed by atoms with Crippen LogP contribution < -0.4 is 5.56 Å². The molecule has 1 aliphatic heterocycles. The Labute approximate surface area is 131 Å². The van der Waals surface area contributed by atoms with Gasteiger partial charge in [-0.2, -0.15) is 0 Å². The molecule has 21 heavy (non-hydrogen) atoms. The zero-order valence-corrected chi connectivity index (χ0v) is 13.7. The van der Waals surface area contributed by atoms with Crippen LogP contribution in [0.5, 0.6) is 0 Å². The summed E-state index contributed by atoms with van der Waals surface area (Å²) in [6.45, 7) is 3.68. The molecule has 3 rings (SSSR count). The van der Waals surface area contributed by atoms with Gasteiger partial charge in [-0.05, 0) is 25.8 Å². The Hall–Kier alpha value is -1.34. The van der Waals surface area contributed by atoms with Crippen LogP contribution in [0.4, 0.5) is 0 Å². The van der Waals surface area contributed by atoms with Gasteiger partial charge in [-0.25, -0.2) is 4.98 Å². The van der Waals surface area contributed by atoms with E-state index >= 15 is 0 Å². The molecule has 0 aromatic carbocycles. The van der Waals surface area contributed by atoms with E-state index in [2.05, 4.69) is 4.98 Å². The van der Waals surface area contributed by atoms with Crippen LogP contribution in [0.1, 0.15) is 17.7 Å². The van der Waals surface area contributed by atoms with Crippen molar-refractivity contribution in [2.45, 2.75) is 24.9 Å². The molecule has 7 heteroatoms. The third-order valence-electron chi connectivity index (χ3n) is 3.64. The van der Waals surface area contributed by atoms with Gasteiger partial charge in [0.1, 0.15) is 4.83 Å². The molecule has 0 radical (unpaired) electrons. The van der Waals surface area contributed by atoms with E-state index in [1.807, 2.05) is 17.9 Å². The van der Waals surface area contributed by atoms with Gasteiger partial charge in [0, 0.05) is 25.0 Å². The summed E-state index contributed by atoms with van der Waals surface area (Å²) in [5.41, 5.74) is -0.0412. The van der Waals surface area contributed by atoms with Crippen molar-refractivity contribution in [3.63, 3.8) is 0 Å². The second kappa shape index (κ2) is 5.81. The van der Waals surface area contributed by atoms with E-state index < -0.39 is 0 Å². The number of rotatable bonds is 3. The average Bonchev–Trinajstić information content (AvgIpc) is 3.10. The third-order valence-corrected chi connectivity index (χ3v) is 5.60. The van der Waals surface area contributed by atoms with Crippen molar-refractivity contribution in [2.24, 2.45) is 7.05 Å². The van der Waals surface area contributed by atoms with Crippen molar-refractivity contribution in [3.8, 4) is 0 Å². The lowest BCUT2D eigenvalue weighted by molar-refractivity contribution is -0.127. The van der Waals surface area contributed by atoms with Crippen LogP contribution in [0.3, 0.4) is 0 Å². The number of hydrogen-bond donors (Lipinski definition) is 0. The molecule has 2 aromatic rings. The lowest BCUT2D eigenvalue weighted by Crippen LogP contribution is -2.29. The van der Waals surface area contributed by atoms with Crippen LogP contribution in [-0.2, 0) is 11.8 Å². The number of aryl methyl sites for hydroxylation is 1. The van der Waals surface area contributed by atoms with Gasteiger partial charge in [0.05, 0.1) is 11.1 Å². The van der Waals surface area contributed by atoms with E-state index in [0.717, 1.165) is 35.6 Å². The fourth-order valence-electron chi connectivity index (χ4n) is 2.48. The first-order valence-corrected chi connectivity index (χ1v) is 8.74. The molecule has 0 saturated carbocycles. The molecule has 5 nitrogen and oxygen atoms in total. The Morgan fingerprint density at radius 2 is 2.14 bits per heavy atom. The van der Waals surface area contributed by atoms with Crippen LogP contribution in [0.15, 0.2) is 16.0 Å². The van der Waals surface area contributed by atoms with Crippen molar-refractivity contribution in [1.82, 2.24) is 14.5 Å². The Bertz CT molecular complexity index is 744. The molecule has 112 valence electrons. The van der Waals surface area contributed by atoms with E-state index in [4.69, 9.17) is 0 Å². The van der Waals surface area contributed by atoms with E-state index in [0.29, 0.717) is 16.3 Å². The average molecular weight is 323 g/mol. The number of carbonyl (C=O) groups is 1. The van der Waals surface area contributed by atoms with E-state index in [1.165, 1.54) is 27.7 Å². The number of hydrogen-bond acceptors (Lipinski definition) is 5. The van der Waals surface area contributed by atoms with Crippen molar-refractivity contribution in [2.75, 3.05) is 18.8 Å². The summed E-state index contributed by atoms with van der Waals surface area (Å²) in [5, 5.41) is 1.28. The molecule has 1 saturated heterocycles. The summed E-state index contributed by atoms with van der Waals surface area (Å²) < 4.78 is 1.54. The van der Waals surface area contributed by atoms with Crippen LogP contribution in [-0.4, -0.2) is 39.2 Å². The van der Waals surface area contributed by atoms with Crippen molar-refractivity contribution < 1.29 is 4.79 Å². The van der Waals surface area contributed by atoms with Crippen molar-refractivity contribution in [3.05, 3.63) is 21.3 Å². The minimum Gasteiger partial charge on any atom is -0.342 e. The van der Waals surface area contributed by atoms with Gasteiger partial charge in [0.15, 0.2) is 5.16 Å². The highest BCUT2D eigenvalue weighted by atomic mass is 32.2. The van der Waals surface area contributed by atoms with E-state index in [9.17, 15) is 9.59 Å². The molecule has 0 bridgehead atoms. The summed E-state index contributed by atoms with van der Waals surface area (Å²) in [6, 6.07) is 1.87. The van der Waals surface area contributed by atoms with Gasteiger partial charge in [0.2, 0.25) is 5.91 Å². The van der Waals surface area contributed by atoms with Gasteiger partial charge in [0.25, 0.3) is 5.56 Å². The summed E-state index contributed by atoms with van der Waals surface area (Å²) in [6.07, 6.45) is 2.18. The minimum absolute atomic E-state index is 0.0412. The molecule has 3 heterocycles. The molecule has 1 fully saturated rings. The van der Waals surface area contributed by atoms with Crippen LogP contribution in [0.2, 0.25) is 0 Å². The number of fused-ring (bicyclic) bond motifs is 1. The number of thiophene rings is 1. The van der Waals surface area contributed by atoms with Crippen LogP contribution in [0.25, 0.3) is 10.2 Å². The molecule has 0 aliphatic carbocycles. The van der Waals surface area contributed by atoms with Gasteiger partial charge < -0.3 is 4.90 Å². The standard InChI is InChI=1S/C14H17N3O2S2/c1-9-7-10-12(21-9)15-14(16(2)13(10)19)20-8-11(18)17-5-3-4-6-17/h7H,3-6,8H2,1-2H3. The smallest absolute Gasteiger partial charge is 0.262 e. The lowest BCUT2D eigenvalue weighted by Gasteiger charge is -2.15. The van der Waals surface area contributed by atoms with Crippen molar-refractivity contribution >= 4 is 39.2 Å². The van der Waals surface area contributed by atoms with Gasteiger partial charge in [-0.15, -0.1) is 11.3 Å². The fourth-order valence-corrected chi connectivity index (χ4v) is 4.28. The Morgan fingerprint density at radius 3 is 2.86 bits per heavy atom. The monoisotopic (exact) mass is 323 g/mol. The fraction of sp³-hybridized carbons (Fsp3) is 0.500. The number of aromatic nitrogens is 2. The maximum atomic E-state index is 12.3. The minimum atomic E-state index is -0.0412. The third kappa shape index (κ3) is 2.85. The second-order valence-electron chi connectivity index (χ2n) is 5.21. The van der Waals surface area contributed by atoms with Crippen molar-refractivity contribution in [1.29, 1.82) is 0 Å². The number of amides is 1. The lowest BCUT2D eigenvalue weighted by atomic mass is 10.4. The second-order valence-corrected chi connectivity index (χ2v) is 7.39. The topological polar surface area (TPSA) is 55.2 Å². The highest BCUT2D eigenvalue weighted by Gasteiger charge is 2.19. The van der Waals surface area contributed by atoms with E-state index in [1.54, 1.807) is 7.05 Å². The SMILES string of the molecule is Cc1cc2c(=O)n(C)c(SCC(=O)N3CCCC3)nc2s1. The normalized spacial score (nSPS) is 15.0. The van der Waals surface area contributed by atoms with E-state index in [-0.39, 0.29) is 11.5 Å². The molecule has 1 amide bonds. The first-order valence-electron chi connectivity index (χ1n) is 6.94. The predicted octanol–water partition coefficient (Wildman–Crippen LogP) is 2.02. The molecule has 2 aromatic heterocycles. The Balaban J connectivity index is 1.81. The van der Waals surface area contributed by atoms with Gasteiger partial charge >= 0.3 is 0 Å². The summed E-state index contributed by atoms with van der Waals surface area (Å²) >= 11 is 2.86. The maximum absolute atomic E-state index is 12.3. The molecular weight excluding hydrogens is 306 g/mol. The zero-order valence-electron chi connectivity index (χ0n) is 12.1. The summed E-state index contributed by atoms with van der Waals surface area (Å²) in [7, 11) is 1.71. The summed E-state index contributed by atoms with van der Waals surface area (Å²) in [5.74, 6) is 0.477. The number of likely N-dealkylation sites (tertiary alicyclic amines) is 1. The largest absolute Gasteiger partial charge is 0.342 e. The van der Waals surface area contributed by atoms with Crippen LogP contribution in [0, 0.1) is 6.92 Å². The maximum Gasteiger partial charge on any atom is 0.262 e. The molecule has 0 unspecified atom stereocenters. The Morgan fingerprint density at radius 1 is 1.43 bits per heavy atom. The molecule has 0 N–H and O–H groups in total. The molecular formula is C14H17N3O2S2. The molecule has 0 spiro atoms. The first-order chi connectivity index (χ1) is 10.1. The number of thioether (sulfide) groups is 1. The first kappa shape index (κ1) is 14.6. The quantitative estimate of drug-likeness (QED) is 0.640. The highest BCUT2D eigenvalue weighted by molar-refractivity contribution is 7.99. The number of carbonyl (C=O) groups excluding carboxylic acids is 1.